The van der Waals surface area contributed by atoms with Crippen LogP contribution in [0.3, 0.4) is 0 Å². The van der Waals surface area contributed by atoms with E-state index in [4.69, 9.17) is 9.47 Å². The predicted molar refractivity (Wildman–Crippen MR) is 179 cm³/mol. The molecule has 0 spiro atoms. The molecule has 0 bridgehead atoms. The number of anilines is 1. The first-order valence-electron chi connectivity index (χ1n) is 15.2. The van der Waals surface area contributed by atoms with E-state index in [1.54, 1.807) is 18.3 Å². The first-order valence-corrected chi connectivity index (χ1v) is 19.0. The van der Waals surface area contributed by atoms with Crippen molar-refractivity contribution in [3.05, 3.63) is 84.1 Å². The second-order valence-electron chi connectivity index (χ2n) is 11.5. The average Bonchev–Trinajstić information content (AvgIpc) is 3.50. The molecule has 4 rings (SSSR count). The number of carboxylic acids is 1. The molecule has 1 aliphatic rings. The van der Waals surface area contributed by atoms with Crippen LogP contribution < -0.4 is 16.0 Å². The summed E-state index contributed by atoms with van der Waals surface area (Å²) < 4.78 is 60.6. The molecular weight excluding hydrogens is 695 g/mol. The van der Waals surface area contributed by atoms with Gasteiger partial charge in [-0.2, -0.15) is 0 Å². The molecule has 0 radical (unpaired) electrons. The Hall–Kier alpha value is -5.07. The summed E-state index contributed by atoms with van der Waals surface area (Å²) in [6, 6.07) is 15.5. The molecule has 18 heteroatoms. The summed E-state index contributed by atoms with van der Waals surface area (Å²) in [5.74, 6) is -3.01. The quantitative estimate of drug-likeness (QED) is 0.172. The maximum absolute atomic E-state index is 13.1. The van der Waals surface area contributed by atoms with E-state index in [-0.39, 0.29) is 19.2 Å². The van der Waals surface area contributed by atoms with Gasteiger partial charge in [-0.3, -0.25) is 9.59 Å². The lowest BCUT2D eigenvalue weighted by atomic mass is 10.2. The Morgan fingerprint density at radius 1 is 0.940 bits per heavy atom. The Morgan fingerprint density at radius 3 is 2.20 bits per heavy atom. The van der Waals surface area contributed by atoms with Gasteiger partial charge >= 0.3 is 12.1 Å². The first-order chi connectivity index (χ1) is 23.6. The van der Waals surface area contributed by atoms with Crippen molar-refractivity contribution in [2.24, 2.45) is 0 Å². The van der Waals surface area contributed by atoms with Gasteiger partial charge in [-0.25, -0.2) is 31.4 Å². The molecule has 4 N–H and O–H groups in total. The van der Waals surface area contributed by atoms with Crippen molar-refractivity contribution in [1.82, 2.24) is 20.5 Å². The number of aliphatic carboxylic acids is 1. The third-order valence-corrected chi connectivity index (χ3v) is 9.85. The Balaban J connectivity index is 1.36. The van der Waals surface area contributed by atoms with E-state index < -0.39 is 84.2 Å². The highest BCUT2D eigenvalue weighted by atomic mass is 32.2. The minimum atomic E-state index is -4.10. The van der Waals surface area contributed by atoms with Crippen molar-refractivity contribution >= 4 is 49.4 Å². The molecule has 1 aromatic heterocycles. The van der Waals surface area contributed by atoms with E-state index in [0.29, 0.717) is 18.8 Å². The minimum Gasteiger partial charge on any atom is -0.480 e. The molecule has 0 saturated carbocycles. The van der Waals surface area contributed by atoms with Crippen LogP contribution in [0.5, 0.6) is 0 Å². The number of nitrogens with one attached hydrogen (secondary N) is 3. The molecular formula is C32H37N5O11S2. The van der Waals surface area contributed by atoms with Crippen LogP contribution in [0.1, 0.15) is 22.3 Å². The summed E-state index contributed by atoms with van der Waals surface area (Å²) in [4.78, 5) is 55.4. The molecule has 3 aromatic rings. The number of carbonyl (C=O) groups is 4. The maximum atomic E-state index is 13.1. The number of amides is 3. The first kappa shape index (κ1) is 37.7. The lowest BCUT2D eigenvalue weighted by Gasteiger charge is -2.24. The number of rotatable bonds is 15. The zero-order valence-corrected chi connectivity index (χ0v) is 28.8. The number of carbonyl (C=O) groups excluding carboxylic acids is 3. The van der Waals surface area contributed by atoms with E-state index in [0.717, 1.165) is 36.3 Å². The Labute approximate surface area is 289 Å². The Bertz CT molecular complexity index is 1860. The van der Waals surface area contributed by atoms with Crippen molar-refractivity contribution in [2.45, 2.75) is 41.0 Å². The monoisotopic (exact) mass is 731 g/mol. The van der Waals surface area contributed by atoms with Crippen molar-refractivity contribution < 1.29 is 50.6 Å². The molecule has 1 saturated heterocycles. The average molecular weight is 732 g/mol. The van der Waals surface area contributed by atoms with Crippen molar-refractivity contribution in [1.29, 1.82) is 0 Å². The third-order valence-electron chi connectivity index (χ3n) is 7.57. The fourth-order valence-electron chi connectivity index (χ4n) is 5.15. The standard InChI is InChI=1S/C32H37N5O11S2/c1-49(43,44)25-11-8-12-26(50(2,45)46)29(25)30(39)36-24(31(40)41)17-35-28(38)20-47-23-15-22(16-34-27-13-6-7-14-33-27)37(18-23)32(42)48-19-21-9-4-3-5-10-21/h3-14,22-24H,15-20H2,1-2H3,(H,33,34)(H,35,38)(H,36,39)(H,40,41). The summed E-state index contributed by atoms with van der Waals surface area (Å²) >= 11 is 0. The second-order valence-corrected chi connectivity index (χ2v) is 15.4. The number of pyridine rings is 1. The van der Waals surface area contributed by atoms with Gasteiger partial charge in [0.15, 0.2) is 19.7 Å². The molecule has 3 atom stereocenters. The number of ether oxygens (including phenoxy) is 2. The molecule has 2 heterocycles. The second kappa shape index (κ2) is 16.6. The highest BCUT2D eigenvalue weighted by Crippen LogP contribution is 2.25. The van der Waals surface area contributed by atoms with E-state index in [1.807, 2.05) is 36.4 Å². The normalized spacial score (nSPS) is 16.6. The highest BCUT2D eigenvalue weighted by molar-refractivity contribution is 7.91. The molecule has 1 fully saturated rings. The van der Waals surface area contributed by atoms with Gasteiger partial charge in [-0.1, -0.05) is 42.5 Å². The van der Waals surface area contributed by atoms with Gasteiger partial charge in [0, 0.05) is 31.8 Å². The molecule has 0 aliphatic carbocycles. The zero-order chi connectivity index (χ0) is 36.5. The SMILES string of the molecule is CS(=O)(=O)c1cccc(S(C)(=O)=O)c1C(=O)NC(CNC(=O)COC1CC(CNc2ccccn2)N(C(=O)OCc2ccccc2)C1)C(=O)O. The van der Waals surface area contributed by atoms with Gasteiger partial charge in [-0.05, 0) is 36.2 Å². The number of aromatic nitrogens is 1. The lowest BCUT2D eigenvalue weighted by Crippen LogP contribution is -2.49. The van der Waals surface area contributed by atoms with Crippen LogP contribution in [0.15, 0.2) is 82.7 Å². The van der Waals surface area contributed by atoms with Crippen LogP contribution in [-0.2, 0) is 45.3 Å². The van der Waals surface area contributed by atoms with E-state index in [2.05, 4.69) is 20.9 Å². The van der Waals surface area contributed by atoms with Crippen molar-refractivity contribution in [2.75, 3.05) is 44.1 Å². The summed E-state index contributed by atoms with van der Waals surface area (Å²) in [7, 11) is -8.21. The Kier molecular flexibility index (Phi) is 12.5. The summed E-state index contributed by atoms with van der Waals surface area (Å²) in [6.07, 6.45) is 2.34. The van der Waals surface area contributed by atoms with Crippen LogP contribution in [0, 0.1) is 0 Å². The zero-order valence-electron chi connectivity index (χ0n) is 27.1. The number of hydrogen-bond donors (Lipinski definition) is 4. The van der Waals surface area contributed by atoms with Gasteiger partial charge in [0.2, 0.25) is 5.91 Å². The number of benzene rings is 2. The van der Waals surface area contributed by atoms with Crippen LogP contribution in [0.4, 0.5) is 10.6 Å². The van der Waals surface area contributed by atoms with Gasteiger partial charge in [-0.15, -0.1) is 0 Å². The van der Waals surface area contributed by atoms with Crippen LogP contribution in [-0.4, -0.2) is 113 Å². The van der Waals surface area contributed by atoms with E-state index >= 15 is 0 Å². The number of likely N-dealkylation sites (tertiary alicyclic amines) is 1. The van der Waals surface area contributed by atoms with Gasteiger partial charge < -0.3 is 35.4 Å². The van der Waals surface area contributed by atoms with Gasteiger partial charge in [0.1, 0.15) is 25.1 Å². The fraction of sp³-hybridized carbons (Fsp3) is 0.344. The number of nitrogens with zero attached hydrogens (tertiary/aromatic N) is 2. The third kappa shape index (κ3) is 10.5. The van der Waals surface area contributed by atoms with Gasteiger partial charge in [0.05, 0.1) is 34.0 Å². The summed E-state index contributed by atoms with van der Waals surface area (Å²) in [5, 5.41) is 17.3. The van der Waals surface area contributed by atoms with Crippen LogP contribution in [0.25, 0.3) is 0 Å². The highest BCUT2D eigenvalue weighted by Gasteiger charge is 2.37. The van der Waals surface area contributed by atoms with E-state index in [9.17, 15) is 41.1 Å². The number of carboxylic acid groups (broad SMARTS) is 1. The van der Waals surface area contributed by atoms with Crippen molar-refractivity contribution in [3.8, 4) is 0 Å². The maximum Gasteiger partial charge on any atom is 0.410 e. The fourth-order valence-corrected chi connectivity index (χ4v) is 7.01. The molecule has 3 unspecified atom stereocenters. The molecule has 2 aromatic carbocycles. The minimum absolute atomic E-state index is 0.0567. The number of hydrogen-bond acceptors (Lipinski definition) is 12. The van der Waals surface area contributed by atoms with Crippen molar-refractivity contribution in [3.63, 3.8) is 0 Å². The molecule has 1 aliphatic heterocycles. The van der Waals surface area contributed by atoms with E-state index in [1.165, 1.54) is 4.90 Å². The summed E-state index contributed by atoms with van der Waals surface area (Å²) in [5.41, 5.74) is 0.0672. The van der Waals surface area contributed by atoms with Crippen LogP contribution >= 0.6 is 0 Å². The topological polar surface area (TPSA) is 227 Å². The molecule has 16 nitrogen and oxygen atoms in total. The lowest BCUT2D eigenvalue weighted by molar-refractivity contribution is -0.139. The smallest absolute Gasteiger partial charge is 0.410 e. The van der Waals surface area contributed by atoms with Gasteiger partial charge in [0.25, 0.3) is 5.91 Å². The molecule has 268 valence electrons. The molecule has 50 heavy (non-hydrogen) atoms. The predicted octanol–water partition coefficient (Wildman–Crippen LogP) is 1.10. The van der Waals surface area contributed by atoms with Crippen LogP contribution in [0.2, 0.25) is 0 Å². The summed E-state index contributed by atoms with van der Waals surface area (Å²) in [6.45, 7) is -0.689. The Morgan fingerprint density at radius 2 is 1.60 bits per heavy atom. The molecule has 3 amide bonds. The largest absolute Gasteiger partial charge is 0.480 e. The number of sulfone groups is 2.